The Morgan fingerprint density at radius 3 is 2.41 bits per heavy atom. The topological polar surface area (TPSA) is 88.0 Å². The molecule has 0 bridgehead atoms. The molecule has 0 aliphatic heterocycles. The molecule has 0 amide bonds. The molecule has 0 saturated carbocycles. The molecule has 0 radical (unpaired) electrons. The Bertz CT molecular complexity index is 1110. The average molecular weight is 427 g/mol. The molecule has 0 spiro atoms. The Hall–Kier alpha value is -3.14. The second-order valence-corrected chi connectivity index (χ2v) is 6.76. The van der Waals surface area contributed by atoms with Crippen LogP contribution >= 0.6 is 23.2 Å². The van der Waals surface area contributed by atoms with Gasteiger partial charge in [0.05, 0.1) is 32.6 Å². The Kier molecular flexibility index (Phi) is 6.32. The molecule has 0 unspecified atom stereocenters. The first kappa shape index (κ1) is 20.6. The van der Waals surface area contributed by atoms with Crippen molar-refractivity contribution < 1.29 is 9.90 Å². The van der Waals surface area contributed by atoms with E-state index >= 15 is 0 Å². The predicted molar refractivity (Wildman–Crippen MR) is 114 cm³/mol. The highest BCUT2D eigenvalue weighted by molar-refractivity contribution is 6.39. The van der Waals surface area contributed by atoms with Crippen molar-refractivity contribution in [3.05, 3.63) is 69.2 Å². The zero-order valence-electron chi connectivity index (χ0n) is 15.6. The van der Waals surface area contributed by atoms with Crippen molar-refractivity contribution in [2.24, 2.45) is 0 Å². The van der Waals surface area contributed by atoms with Crippen LogP contribution < -0.4 is 5.32 Å². The third kappa shape index (κ3) is 4.48. The van der Waals surface area contributed by atoms with Gasteiger partial charge in [-0.2, -0.15) is 0 Å². The number of pyridine rings is 1. The first-order valence-corrected chi connectivity index (χ1v) is 9.42. The smallest absolute Gasteiger partial charge is 0.338 e. The molecule has 1 aromatic carbocycles. The van der Waals surface area contributed by atoms with Crippen molar-refractivity contribution in [3.8, 4) is 23.1 Å². The molecule has 8 heteroatoms. The summed E-state index contributed by atoms with van der Waals surface area (Å²) in [5, 5.41) is 12.3. The molecule has 0 atom stereocenters. The van der Waals surface area contributed by atoms with Crippen LogP contribution in [-0.4, -0.2) is 33.1 Å². The summed E-state index contributed by atoms with van der Waals surface area (Å²) < 4.78 is 0. The van der Waals surface area contributed by atoms with Crippen molar-refractivity contribution in [2.75, 3.05) is 12.4 Å². The normalized spacial score (nSPS) is 10.2. The Labute approximate surface area is 178 Å². The first-order valence-electron chi connectivity index (χ1n) is 8.67. The minimum atomic E-state index is -1.19. The van der Waals surface area contributed by atoms with Gasteiger partial charge in [-0.15, -0.1) is 0 Å². The zero-order chi connectivity index (χ0) is 21.0. The van der Waals surface area contributed by atoms with Crippen molar-refractivity contribution in [3.63, 3.8) is 0 Å². The number of carbonyl (C=O) groups is 1. The van der Waals surface area contributed by atoms with E-state index in [1.165, 1.54) is 18.5 Å². The van der Waals surface area contributed by atoms with Crippen LogP contribution in [0.1, 0.15) is 34.1 Å². The van der Waals surface area contributed by atoms with Crippen LogP contribution in [0, 0.1) is 11.8 Å². The predicted octanol–water partition coefficient (Wildman–Crippen LogP) is 4.55. The molecule has 2 heterocycles. The number of halogens is 2. The number of nitrogens with zero attached hydrogens (tertiary/aromatic N) is 3. The second-order valence-electron chi connectivity index (χ2n) is 5.95. The van der Waals surface area contributed by atoms with E-state index in [0.29, 0.717) is 23.2 Å². The van der Waals surface area contributed by atoms with E-state index in [9.17, 15) is 9.90 Å². The summed E-state index contributed by atoms with van der Waals surface area (Å²) in [6, 6.07) is 6.73. The van der Waals surface area contributed by atoms with Crippen LogP contribution in [0.5, 0.6) is 0 Å². The minimum absolute atomic E-state index is 0.0300. The van der Waals surface area contributed by atoms with Gasteiger partial charge in [0.15, 0.2) is 0 Å². The zero-order valence-corrected chi connectivity index (χ0v) is 17.1. The van der Waals surface area contributed by atoms with E-state index in [4.69, 9.17) is 23.2 Å². The van der Waals surface area contributed by atoms with E-state index in [1.807, 2.05) is 19.1 Å². The number of aromatic nitrogens is 3. The monoisotopic (exact) mass is 426 g/mol. The maximum absolute atomic E-state index is 11.3. The molecule has 3 rings (SSSR count). The minimum Gasteiger partial charge on any atom is -0.478 e. The summed E-state index contributed by atoms with van der Waals surface area (Å²) in [7, 11) is 1.79. The van der Waals surface area contributed by atoms with Gasteiger partial charge in [0.2, 0.25) is 0 Å². The summed E-state index contributed by atoms with van der Waals surface area (Å²) in [4.78, 5) is 24.2. The van der Waals surface area contributed by atoms with Crippen molar-refractivity contribution >= 4 is 35.0 Å². The van der Waals surface area contributed by atoms with Crippen LogP contribution in [0.2, 0.25) is 10.0 Å². The lowest BCUT2D eigenvalue weighted by Crippen LogP contribution is -2.02. The number of aryl methyl sites for hydroxylation is 1. The number of anilines is 1. The van der Waals surface area contributed by atoms with Crippen LogP contribution in [0.25, 0.3) is 11.3 Å². The molecular formula is C21H16Cl2N4O2. The number of benzene rings is 1. The van der Waals surface area contributed by atoms with Gasteiger partial charge in [0, 0.05) is 24.4 Å². The van der Waals surface area contributed by atoms with E-state index in [2.05, 4.69) is 32.1 Å². The molecule has 2 N–H and O–H groups in total. The number of rotatable bonds is 4. The quantitative estimate of drug-likeness (QED) is 0.594. The molecule has 0 aliphatic rings. The Balaban J connectivity index is 2.13. The molecule has 2 aromatic heterocycles. The lowest BCUT2D eigenvalue weighted by Gasteiger charge is -2.10. The lowest BCUT2D eigenvalue weighted by molar-refractivity contribution is 0.0697. The summed E-state index contributed by atoms with van der Waals surface area (Å²) in [5.41, 5.74) is 3.07. The first-order chi connectivity index (χ1) is 13.9. The van der Waals surface area contributed by atoms with Crippen molar-refractivity contribution in [1.29, 1.82) is 0 Å². The van der Waals surface area contributed by atoms with Crippen LogP contribution in [0.3, 0.4) is 0 Å². The highest BCUT2D eigenvalue weighted by Gasteiger charge is 2.18. The van der Waals surface area contributed by atoms with E-state index in [-0.39, 0.29) is 15.6 Å². The molecular weight excluding hydrogens is 411 g/mol. The highest BCUT2D eigenvalue weighted by Crippen LogP contribution is 2.32. The second kappa shape index (κ2) is 8.91. The van der Waals surface area contributed by atoms with Gasteiger partial charge < -0.3 is 10.4 Å². The lowest BCUT2D eigenvalue weighted by atomic mass is 10.0. The van der Waals surface area contributed by atoms with Gasteiger partial charge in [0.1, 0.15) is 12.1 Å². The fourth-order valence-electron chi connectivity index (χ4n) is 2.70. The van der Waals surface area contributed by atoms with E-state index in [0.717, 1.165) is 17.1 Å². The van der Waals surface area contributed by atoms with Crippen LogP contribution in [-0.2, 0) is 6.42 Å². The third-order valence-electron chi connectivity index (χ3n) is 4.14. The van der Waals surface area contributed by atoms with Crippen LogP contribution in [0.15, 0.2) is 36.8 Å². The van der Waals surface area contributed by atoms with E-state index < -0.39 is 5.97 Å². The number of hydrogen-bond donors (Lipinski definition) is 2. The molecule has 29 heavy (non-hydrogen) atoms. The highest BCUT2D eigenvalue weighted by atomic mass is 35.5. The molecule has 146 valence electrons. The summed E-state index contributed by atoms with van der Waals surface area (Å²) in [5.74, 6) is 5.75. The Morgan fingerprint density at radius 2 is 1.86 bits per heavy atom. The SMILES string of the molecule is CCc1ncnc(-c2cc(Cl)c(C(=O)O)c(Cl)c2)c1C#Cc1ccc(NC)nc1. The van der Waals surface area contributed by atoms with E-state index in [1.54, 1.807) is 13.2 Å². The standard InChI is InChI=1S/C21H16Cl2N4O2/c1-3-17-14(6-4-12-5-7-18(24-2)25-10-12)20(27-11-26-17)13-8-15(22)19(21(28)29)16(23)9-13/h5,7-11H,3H2,1-2H3,(H,24,25)(H,28,29). The average Bonchev–Trinajstić information content (AvgIpc) is 2.71. The maximum atomic E-state index is 11.3. The summed E-state index contributed by atoms with van der Waals surface area (Å²) in [6.07, 6.45) is 3.75. The fraction of sp³-hybridized carbons (Fsp3) is 0.143. The number of carboxylic acids is 1. The van der Waals surface area contributed by atoms with Gasteiger partial charge in [-0.3, -0.25) is 0 Å². The largest absolute Gasteiger partial charge is 0.478 e. The summed E-state index contributed by atoms with van der Waals surface area (Å²) in [6.45, 7) is 1.97. The summed E-state index contributed by atoms with van der Waals surface area (Å²) >= 11 is 12.3. The van der Waals surface area contributed by atoms with Gasteiger partial charge >= 0.3 is 5.97 Å². The number of aromatic carboxylic acids is 1. The van der Waals surface area contributed by atoms with Gasteiger partial charge in [-0.1, -0.05) is 42.0 Å². The molecule has 6 nitrogen and oxygen atoms in total. The maximum Gasteiger partial charge on any atom is 0.338 e. The van der Waals surface area contributed by atoms with Crippen molar-refractivity contribution in [1.82, 2.24) is 15.0 Å². The van der Waals surface area contributed by atoms with Crippen LogP contribution in [0.4, 0.5) is 5.82 Å². The molecule has 0 aliphatic carbocycles. The number of hydrogen-bond acceptors (Lipinski definition) is 5. The van der Waals surface area contributed by atoms with Gasteiger partial charge in [-0.25, -0.2) is 19.7 Å². The van der Waals surface area contributed by atoms with Crippen molar-refractivity contribution in [2.45, 2.75) is 13.3 Å². The third-order valence-corrected chi connectivity index (χ3v) is 4.74. The fourth-order valence-corrected chi connectivity index (χ4v) is 3.35. The number of carboxylic acid groups (broad SMARTS) is 1. The molecule has 3 aromatic rings. The molecule has 0 fully saturated rings. The number of nitrogens with one attached hydrogen (secondary N) is 1. The van der Waals surface area contributed by atoms with Gasteiger partial charge in [0.25, 0.3) is 0 Å². The van der Waals surface area contributed by atoms with Gasteiger partial charge in [-0.05, 0) is 30.7 Å². The molecule has 0 saturated heterocycles. The Morgan fingerprint density at radius 1 is 1.14 bits per heavy atom.